The van der Waals surface area contributed by atoms with E-state index in [2.05, 4.69) is 53.0 Å². The van der Waals surface area contributed by atoms with Crippen LogP contribution in [0.2, 0.25) is 0 Å². The van der Waals surface area contributed by atoms with Crippen LogP contribution in [0, 0.1) is 11.3 Å². The molecule has 0 spiro atoms. The van der Waals surface area contributed by atoms with Gasteiger partial charge in [-0.1, -0.05) is 27.4 Å². The molecule has 0 aromatic rings. The Bertz CT molecular complexity index is 239. The fourth-order valence-electron chi connectivity index (χ4n) is 2.49. The van der Waals surface area contributed by atoms with E-state index in [0.29, 0.717) is 5.41 Å². The SMILES string of the molecule is C=C1CC(C(C)(C)C)CCN1C(C)(C)C. The maximum absolute atomic E-state index is 4.25. The van der Waals surface area contributed by atoms with Gasteiger partial charge in [-0.3, -0.25) is 0 Å². The van der Waals surface area contributed by atoms with Crippen molar-refractivity contribution in [3.05, 3.63) is 12.3 Å². The van der Waals surface area contributed by atoms with Gasteiger partial charge in [0.15, 0.2) is 0 Å². The Morgan fingerprint density at radius 2 is 1.67 bits per heavy atom. The Morgan fingerprint density at radius 3 is 2.00 bits per heavy atom. The highest BCUT2D eigenvalue weighted by Gasteiger charge is 2.33. The highest BCUT2D eigenvalue weighted by molar-refractivity contribution is 5.05. The van der Waals surface area contributed by atoms with Crippen LogP contribution < -0.4 is 0 Å². The number of nitrogens with zero attached hydrogens (tertiary/aromatic N) is 1. The van der Waals surface area contributed by atoms with Crippen LogP contribution in [0.3, 0.4) is 0 Å². The average Bonchev–Trinajstić information content (AvgIpc) is 1.99. The van der Waals surface area contributed by atoms with Gasteiger partial charge < -0.3 is 4.90 Å². The molecule has 0 radical (unpaired) electrons. The molecular formula is C14H27N. The summed E-state index contributed by atoms with van der Waals surface area (Å²) in [7, 11) is 0. The molecule has 0 aliphatic carbocycles. The second-order valence-electron chi connectivity index (χ2n) is 6.94. The van der Waals surface area contributed by atoms with E-state index in [0.717, 1.165) is 5.92 Å². The molecule has 0 aromatic heterocycles. The molecule has 1 heterocycles. The molecule has 0 amide bonds. The van der Waals surface area contributed by atoms with Crippen molar-refractivity contribution >= 4 is 0 Å². The van der Waals surface area contributed by atoms with Crippen LogP contribution in [0.1, 0.15) is 54.4 Å². The molecule has 0 aromatic carbocycles. The van der Waals surface area contributed by atoms with Gasteiger partial charge in [-0.05, 0) is 44.9 Å². The third-order valence-electron chi connectivity index (χ3n) is 3.60. The molecular weight excluding hydrogens is 182 g/mol. The number of hydrogen-bond donors (Lipinski definition) is 0. The summed E-state index contributed by atoms with van der Waals surface area (Å²) in [4.78, 5) is 2.47. The summed E-state index contributed by atoms with van der Waals surface area (Å²) in [5.74, 6) is 0.795. The summed E-state index contributed by atoms with van der Waals surface area (Å²) in [5.41, 5.74) is 1.99. The second kappa shape index (κ2) is 3.84. The molecule has 1 heteroatoms. The molecule has 1 saturated heterocycles. The Balaban J connectivity index is 2.68. The Morgan fingerprint density at radius 1 is 1.13 bits per heavy atom. The molecule has 1 unspecified atom stereocenters. The van der Waals surface area contributed by atoms with Crippen molar-refractivity contribution < 1.29 is 0 Å². The normalized spacial score (nSPS) is 24.5. The average molecular weight is 209 g/mol. The molecule has 1 aliphatic heterocycles. The third-order valence-corrected chi connectivity index (χ3v) is 3.60. The van der Waals surface area contributed by atoms with E-state index in [1.807, 2.05) is 0 Å². The lowest BCUT2D eigenvalue weighted by Crippen LogP contribution is -2.46. The van der Waals surface area contributed by atoms with Gasteiger partial charge in [0.05, 0.1) is 0 Å². The fraction of sp³-hybridized carbons (Fsp3) is 0.857. The molecule has 1 nitrogen and oxygen atoms in total. The van der Waals surface area contributed by atoms with E-state index in [1.54, 1.807) is 0 Å². The van der Waals surface area contributed by atoms with Crippen LogP contribution in [0.15, 0.2) is 12.3 Å². The zero-order chi connectivity index (χ0) is 11.9. The molecule has 0 N–H and O–H groups in total. The maximum Gasteiger partial charge on any atom is 0.0314 e. The highest BCUT2D eigenvalue weighted by atomic mass is 15.2. The van der Waals surface area contributed by atoms with Crippen LogP contribution in [0.5, 0.6) is 0 Å². The zero-order valence-corrected chi connectivity index (χ0v) is 11.4. The van der Waals surface area contributed by atoms with Crippen LogP contribution in [-0.4, -0.2) is 17.0 Å². The zero-order valence-electron chi connectivity index (χ0n) is 11.4. The minimum atomic E-state index is 0.236. The summed E-state index contributed by atoms with van der Waals surface area (Å²) in [6, 6.07) is 0. The quantitative estimate of drug-likeness (QED) is 0.581. The van der Waals surface area contributed by atoms with E-state index in [-0.39, 0.29) is 5.54 Å². The van der Waals surface area contributed by atoms with Gasteiger partial charge in [0.2, 0.25) is 0 Å². The molecule has 1 atom stereocenters. The van der Waals surface area contributed by atoms with Gasteiger partial charge in [-0.15, -0.1) is 0 Å². The maximum atomic E-state index is 4.25. The van der Waals surface area contributed by atoms with Crippen LogP contribution >= 0.6 is 0 Å². The first-order valence-corrected chi connectivity index (χ1v) is 6.08. The summed E-state index contributed by atoms with van der Waals surface area (Å²) < 4.78 is 0. The van der Waals surface area contributed by atoms with Crippen molar-refractivity contribution in [2.75, 3.05) is 6.54 Å². The second-order valence-corrected chi connectivity index (χ2v) is 6.94. The van der Waals surface area contributed by atoms with Crippen molar-refractivity contribution in [1.29, 1.82) is 0 Å². The number of likely N-dealkylation sites (tertiary alicyclic amines) is 1. The number of hydrogen-bond acceptors (Lipinski definition) is 1. The number of piperidine rings is 1. The van der Waals surface area contributed by atoms with Gasteiger partial charge in [0.25, 0.3) is 0 Å². The Hall–Kier alpha value is -0.460. The molecule has 88 valence electrons. The van der Waals surface area contributed by atoms with Crippen molar-refractivity contribution in [2.45, 2.75) is 59.9 Å². The summed E-state index contributed by atoms with van der Waals surface area (Å²) in [6.45, 7) is 19.3. The van der Waals surface area contributed by atoms with Gasteiger partial charge in [-0.25, -0.2) is 0 Å². The minimum Gasteiger partial charge on any atom is -0.370 e. The minimum absolute atomic E-state index is 0.236. The lowest BCUT2D eigenvalue weighted by Gasteiger charge is -2.47. The first-order chi connectivity index (χ1) is 6.62. The predicted molar refractivity (Wildman–Crippen MR) is 67.8 cm³/mol. The number of rotatable bonds is 0. The Labute approximate surface area is 95.5 Å². The number of allylic oxidation sites excluding steroid dienone is 1. The fourth-order valence-corrected chi connectivity index (χ4v) is 2.49. The molecule has 1 aliphatic rings. The molecule has 1 rings (SSSR count). The van der Waals surface area contributed by atoms with Crippen molar-refractivity contribution in [3.8, 4) is 0 Å². The first-order valence-electron chi connectivity index (χ1n) is 6.08. The van der Waals surface area contributed by atoms with E-state index < -0.39 is 0 Å². The standard InChI is InChI=1S/C14H27N/c1-11-10-12(13(2,3)4)8-9-15(11)14(5,6)7/h12H,1,8-10H2,2-7H3. The summed E-state index contributed by atoms with van der Waals surface area (Å²) in [6.07, 6.45) is 2.47. The first kappa shape index (κ1) is 12.6. The molecule has 15 heavy (non-hydrogen) atoms. The molecule has 0 bridgehead atoms. The molecule has 1 fully saturated rings. The Kier molecular flexibility index (Phi) is 3.23. The highest BCUT2D eigenvalue weighted by Crippen LogP contribution is 2.39. The molecule has 0 saturated carbocycles. The third kappa shape index (κ3) is 2.99. The summed E-state index contributed by atoms with van der Waals surface area (Å²) >= 11 is 0. The van der Waals surface area contributed by atoms with Gasteiger partial charge in [0.1, 0.15) is 0 Å². The smallest absolute Gasteiger partial charge is 0.0314 e. The van der Waals surface area contributed by atoms with Crippen LogP contribution in [0.4, 0.5) is 0 Å². The monoisotopic (exact) mass is 209 g/mol. The van der Waals surface area contributed by atoms with E-state index in [4.69, 9.17) is 0 Å². The predicted octanol–water partition coefficient (Wildman–Crippen LogP) is 4.06. The summed E-state index contributed by atoms with van der Waals surface area (Å²) in [5, 5.41) is 0. The van der Waals surface area contributed by atoms with Crippen molar-refractivity contribution in [3.63, 3.8) is 0 Å². The van der Waals surface area contributed by atoms with Crippen LogP contribution in [-0.2, 0) is 0 Å². The van der Waals surface area contributed by atoms with Gasteiger partial charge >= 0.3 is 0 Å². The van der Waals surface area contributed by atoms with E-state index in [1.165, 1.54) is 25.1 Å². The van der Waals surface area contributed by atoms with E-state index in [9.17, 15) is 0 Å². The van der Waals surface area contributed by atoms with E-state index >= 15 is 0 Å². The largest absolute Gasteiger partial charge is 0.370 e. The van der Waals surface area contributed by atoms with Crippen molar-refractivity contribution in [2.24, 2.45) is 11.3 Å². The topological polar surface area (TPSA) is 3.24 Å². The van der Waals surface area contributed by atoms with Gasteiger partial charge in [-0.2, -0.15) is 0 Å². The van der Waals surface area contributed by atoms with Crippen molar-refractivity contribution in [1.82, 2.24) is 4.90 Å². The lowest BCUT2D eigenvalue weighted by atomic mass is 9.74. The van der Waals surface area contributed by atoms with Crippen LogP contribution in [0.25, 0.3) is 0 Å². The lowest BCUT2D eigenvalue weighted by molar-refractivity contribution is 0.0935. The van der Waals surface area contributed by atoms with Gasteiger partial charge in [0, 0.05) is 17.8 Å².